The fourth-order valence-corrected chi connectivity index (χ4v) is 4.72. The van der Waals surface area contributed by atoms with Crippen LogP contribution < -0.4 is 5.32 Å². The molecule has 1 atom stereocenters. The molecule has 1 amide bonds. The summed E-state index contributed by atoms with van der Waals surface area (Å²) in [5.41, 5.74) is 0.748. The van der Waals surface area contributed by atoms with Gasteiger partial charge in [0.15, 0.2) is 5.69 Å². The van der Waals surface area contributed by atoms with Gasteiger partial charge < -0.3 is 5.32 Å². The fraction of sp³-hybridized carbons (Fsp3) is 0.400. The molecule has 9 heteroatoms. The number of benzene rings is 1. The van der Waals surface area contributed by atoms with Crippen LogP contribution in [0.3, 0.4) is 0 Å². The molecule has 128 valence electrons. The topological polar surface area (TPSA) is 92.3 Å². The first kappa shape index (κ1) is 17.0. The number of hydrogen-bond donors (Lipinski definition) is 1. The van der Waals surface area contributed by atoms with Crippen molar-refractivity contribution in [3.05, 3.63) is 35.3 Å². The molecule has 1 aliphatic heterocycles. The summed E-state index contributed by atoms with van der Waals surface area (Å²) >= 11 is 1.09. The SMILES string of the molecule is C[C@@H]1CCCN(S(=O)(=O)c2ccc(NC(=O)c3csnn3)cc2)C1. The Morgan fingerprint density at radius 3 is 2.71 bits per heavy atom. The summed E-state index contributed by atoms with van der Waals surface area (Å²) in [4.78, 5) is 12.1. The van der Waals surface area contributed by atoms with Crippen molar-refractivity contribution in [3.63, 3.8) is 0 Å². The number of nitrogens with one attached hydrogen (secondary N) is 1. The number of nitrogens with zero attached hydrogens (tertiary/aromatic N) is 3. The van der Waals surface area contributed by atoms with Crippen LogP contribution in [0.5, 0.6) is 0 Å². The van der Waals surface area contributed by atoms with Gasteiger partial charge in [-0.3, -0.25) is 4.79 Å². The number of aromatic nitrogens is 2. The average molecular weight is 366 g/mol. The highest BCUT2D eigenvalue weighted by Gasteiger charge is 2.28. The smallest absolute Gasteiger partial charge is 0.277 e. The molecule has 0 saturated carbocycles. The molecule has 1 N–H and O–H groups in total. The number of rotatable bonds is 4. The lowest BCUT2D eigenvalue weighted by molar-refractivity contribution is 0.102. The molecule has 1 aromatic carbocycles. The maximum atomic E-state index is 12.7. The van der Waals surface area contributed by atoms with E-state index in [9.17, 15) is 13.2 Å². The minimum atomic E-state index is -3.48. The Morgan fingerprint density at radius 2 is 2.08 bits per heavy atom. The Balaban J connectivity index is 1.73. The van der Waals surface area contributed by atoms with Gasteiger partial charge in [-0.1, -0.05) is 11.4 Å². The average Bonchev–Trinajstić information content (AvgIpc) is 3.10. The van der Waals surface area contributed by atoms with Crippen molar-refractivity contribution in [1.82, 2.24) is 13.9 Å². The molecule has 0 spiro atoms. The van der Waals surface area contributed by atoms with Crippen molar-refractivity contribution < 1.29 is 13.2 Å². The van der Waals surface area contributed by atoms with Crippen LogP contribution >= 0.6 is 11.5 Å². The Hall–Kier alpha value is -1.84. The highest BCUT2D eigenvalue weighted by atomic mass is 32.2. The van der Waals surface area contributed by atoms with E-state index in [0.29, 0.717) is 24.7 Å². The lowest BCUT2D eigenvalue weighted by Gasteiger charge is -2.30. The maximum absolute atomic E-state index is 12.7. The summed E-state index contributed by atoms with van der Waals surface area (Å²) in [6, 6.07) is 6.20. The van der Waals surface area contributed by atoms with E-state index < -0.39 is 10.0 Å². The van der Waals surface area contributed by atoms with Gasteiger partial charge in [-0.05, 0) is 54.6 Å². The van der Waals surface area contributed by atoms with Crippen molar-refractivity contribution in [1.29, 1.82) is 0 Å². The van der Waals surface area contributed by atoms with Crippen LogP contribution in [0.15, 0.2) is 34.5 Å². The third kappa shape index (κ3) is 3.63. The molecule has 0 radical (unpaired) electrons. The minimum Gasteiger partial charge on any atom is -0.321 e. The number of carbonyl (C=O) groups is 1. The van der Waals surface area contributed by atoms with Gasteiger partial charge in [0.1, 0.15) is 0 Å². The summed E-state index contributed by atoms with van der Waals surface area (Å²) in [6.07, 6.45) is 1.94. The lowest BCUT2D eigenvalue weighted by Crippen LogP contribution is -2.39. The molecule has 24 heavy (non-hydrogen) atoms. The predicted octanol–water partition coefficient (Wildman–Crippen LogP) is 2.21. The van der Waals surface area contributed by atoms with E-state index >= 15 is 0 Å². The summed E-state index contributed by atoms with van der Waals surface area (Å²) in [5, 5.41) is 7.90. The molecule has 7 nitrogen and oxygen atoms in total. The van der Waals surface area contributed by atoms with Crippen LogP contribution in [0.2, 0.25) is 0 Å². The van der Waals surface area contributed by atoms with E-state index in [1.54, 1.807) is 17.5 Å². The van der Waals surface area contributed by atoms with Crippen molar-refractivity contribution in [2.45, 2.75) is 24.7 Å². The van der Waals surface area contributed by atoms with Crippen LogP contribution in [0.25, 0.3) is 0 Å². The second kappa shape index (κ2) is 6.96. The van der Waals surface area contributed by atoms with Gasteiger partial charge in [-0.25, -0.2) is 8.42 Å². The Kier molecular flexibility index (Phi) is 4.93. The summed E-state index contributed by atoms with van der Waals surface area (Å²) in [5.74, 6) is 0.00280. The zero-order chi connectivity index (χ0) is 17.2. The zero-order valence-electron chi connectivity index (χ0n) is 13.2. The zero-order valence-corrected chi connectivity index (χ0v) is 14.8. The molecule has 0 aliphatic carbocycles. The molecule has 1 saturated heterocycles. The Morgan fingerprint density at radius 1 is 1.33 bits per heavy atom. The van der Waals surface area contributed by atoms with Crippen molar-refractivity contribution in [2.24, 2.45) is 5.92 Å². The van der Waals surface area contributed by atoms with Gasteiger partial charge in [0, 0.05) is 24.2 Å². The largest absolute Gasteiger partial charge is 0.321 e. The molecule has 1 aromatic heterocycles. The molecular formula is C15H18N4O3S2. The van der Waals surface area contributed by atoms with E-state index in [1.165, 1.54) is 16.4 Å². The molecule has 0 unspecified atom stereocenters. The van der Waals surface area contributed by atoms with Gasteiger partial charge in [0.25, 0.3) is 5.91 Å². The van der Waals surface area contributed by atoms with Gasteiger partial charge in [-0.2, -0.15) is 4.31 Å². The second-order valence-corrected chi connectivity index (χ2v) is 8.43. The number of amides is 1. The second-order valence-electron chi connectivity index (χ2n) is 5.88. The summed E-state index contributed by atoms with van der Waals surface area (Å²) in [6.45, 7) is 3.17. The van der Waals surface area contributed by atoms with E-state index in [0.717, 1.165) is 24.4 Å². The van der Waals surface area contributed by atoms with Crippen LogP contribution in [-0.2, 0) is 10.0 Å². The van der Waals surface area contributed by atoms with E-state index in [2.05, 4.69) is 21.8 Å². The van der Waals surface area contributed by atoms with Gasteiger partial charge in [-0.15, -0.1) is 5.10 Å². The lowest BCUT2D eigenvalue weighted by atomic mass is 10.0. The van der Waals surface area contributed by atoms with Crippen LogP contribution in [0, 0.1) is 5.92 Å². The predicted molar refractivity (Wildman–Crippen MR) is 91.5 cm³/mol. The normalized spacial score (nSPS) is 19.1. The molecule has 1 aliphatic rings. The number of piperidine rings is 1. The van der Waals surface area contributed by atoms with Crippen LogP contribution in [0.1, 0.15) is 30.3 Å². The third-order valence-electron chi connectivity index (χ3n) is 3.96. The summed E-state index contributed by atoms with van der Waals surface area (Å²) in [7, 11) is -3.48. The Labute approximate surface area is 144 Å². The molecule has 2 aromatic rings. The van der Waals surface area contributed by atoms with Crippen LogP contribution in [0.4, 0.5) is 5.69 Å². The summed E-state index contributed by atoms with van der Waals surface area (Å²) < 4.78 is 30.5. The standard InChI is InChI=1S/C15H18N4O3S2/c1-11-3-2-8-19(9-11)24(21,22)13-6-4-12(5-7-13)16-15(20)14-10-23-18-17-14/h4-7,10-11H,2-3,8-9H2,1H3,(H,16,20)/t11-/m1/s1. The van der Waals surface area contributed by atoms with Crippen LogP contribution in [-0.4, -0.2) is 41.3 Å². The van der Waals surface area contributed by atoms with Crippen molar-refractivity contribution in [3.8, 4) is 0 Å². The highest BCUT2D eigenvalue weighted by molar-refractivity contribution is 7.89. The molecular weight excluding hydrogens is 348 g/mol. The maximum Gasteiger partial charge on any atom is 0.277 e. The molecule has 3 rings (SSSR count). The monoisotopic (exact) mass is 366 g/mol. The molecule has 2 heterocycles. The molecule has 0 bridgehead atoms. The van der Waals surface area contributed by atoms with Gasteiger partial charge in [0.05, 0.1) is 4.90 Å². The third-order valence-corrected chi connectivity index (χ3v) is 6.35. The number of hydrogen-bond acceptors (Lipinski definition) is 6. The quantitative estimate of drug-likeness (QED) is 0.896. The number of sulfonamides is 1. The van der Waals surface area contributed by atoms with E-state index in [-0.39, 0.29) is 16.5 Å². The fourth-order valence-electron chi connectivity index (χ4n) is 2.68. The first-order chi connectivity index (χ1) is 11.5. The van der Waals surface area contributed by atoms with E-state index in [1.807, 2.05) is 0 Å². The van der Waals surface area contributed by atoms with Gasteiger partial charge >= 0.3 is 0 Å². The Bertz CT molecular complexity index is 804. The highest BCUT2D eigenvalue weighted by Crippen LogP contribution is 2.24. The first-order valence-corrected chi connectivity index (χ1v) is 9.93. The number of carbonyl (C=O) groups excluding carboxylic acids is 1. The molecule has 1 fully saturated rings. The van der Waals surface area contributed by atoms with Crippen molar-refractivity contribution >= 4 is 33.2 Å². The first-order valence-electron chi connectivity index (χ1n) is 7.65. The number of anilines is 1. The minimum absolute atomic E-state index is 0.235. The van der Waals surface area contributed by atoms with Crippen molar-refractivity contribution in [2.75, 3.05) is 18.4 Å². The van der Waals surface area contributed by atoms with E-state index in [4.69, 9.17) is 0 Å². The van der Waals surface area contributed by atoms with Gasteiger partial charge in [0.2, 0.25) is 10.0 Å².